The number of hydrogen-bond donors (Lipinski definition) is 1. The highest BCUT2D eigenvalue weighted by atomic mass is 35.5. The average molecular weight is 216 g/mol. The van der Waals surface area contributed by atoms with Crippen molar-refractivity contribution in [3.8, 4) is 0 Å². The van der Waals surface area contributed by atoms with Gasteiger partial charge in [0.1, 0.15) is 0 Å². The second-order valence-electron chi connectivity index (χ2n) is 3.60. The zero-order chi connectivity index (χ0) is 9.10. The number of nitrogens with one attached hydrogen (secondary N) is 1. The molecule has 1 N–H and O–H groups in total. The lowest BCUT2D eigenvalue weighted by atomic mass is 9.94. The Labute approximate surface area is 91.3 Å². The third-order valence-corrected chi connectivity index (χ3v) is 2.81. The summed E-state index contributed by atoms with van der Waals surface area (Å²) < 4.78 is 2.12. The van der Waals surface area contributed by atoms with Crippen LogP contribution in [0.3, 0.4) is 0 Å². The van der Waals surface area contributed by atoms with E-state index in [1.165, 1.54) is 18.5 Å². The molecule has 0 amide bonds. The molecule has 0 radical (unpaired) electrons. The van der Waals surface area contributed by atoms with Crippen molar-refractivity contribution in [3.05, 3.63) is 18.0 Å². The van der Waals surface area contributed by atoms with Crippen LogP contribution in [0.5, 0.6) is 0 Å². The van der Waals surface area contributed by atoms with Gasteiger partial charge in [0.05, 0.1) is 0 Å². The highest BCUT2D eigenvalue weighted by molar-refractivity contribution is 5.85. The molecule has 1 aliphatic rings. The van der Waals surface area contributed by atoms with E-state index in [2.05, 4.69) is 28.1 Å². The largest absolute Gasteiger partial charge is 0.317 e. The van der Waals surface area contributed by atoms with Gasteiger partial charge in [0.25, 0.3) is 0 Å². The molecule has 1 saturated heterocycles. The lowest BCUT2D eigenvalue weighted by Gasteiger charge is -2.23. The minimum absolute atomic E-state index is 0. The Kier molecular flexibility index (Phi) is 4.42. The highest BCUT2D eigenvalue weighted by Gasteiger charge is 2.17. The maximum absolute atomic E-state index is 4.31. The van der Waals surface area contributed by atoms with E-state index < -0.39 is 0 Å². The van der Waals surface area contributed by atoms with E-state index in [0.29, 0.717) is 0 Å². The summed E-state index contributed by atoms with van der Waals surface area (Å²) in [5, 5.41) is 7.69. The molecule has 80 valence electrons. The van der Waals surface area contributed by atoms with Gasteiger partial charge in [-0.15, -0.1) is 12.4 Å². The molecule has 4 heteroatoms. The molecule has 2 heterocycles. The smallest absolute Gasteiger partial charge is 0.0492 e. The molecule has 0 aromatic carbocycles. The first kappa shape index (κ1) is 11.5. The Morgan fingerprint density at radius 3 is 2.86 bits per heavy atom. The van der Waals surface area contributed by atoms with Gasteiger partial charge in [0, 0.05) is 24.4 Å². The van der Waals surface area contributed by atoms with Crippen molar-refractivity contribution in [1.29, 1.82) is 0 Å². The van der Waals surface area contributed by atoms with Crippen LogP contribution >= 0.6 is 12.4 Å². The lowest BCUT2D eigenvalue weighted by Crippen LogP contribution is -2.27. The van der Waals surface area contributed by atoms with Crippen molar-refractivity contribution < 1.29 is 0 Å². The van der Waals surface area contributed by atoms with Crippen LogP contribution in [0, 0.1) is 0 Å². The quantitative estimate of drug-likeness (QED) is 0.816. The summed E-state index contributed by atoms with van der Waals surface area (Å²) in [6.45, 7) is 5.45. The van der Waals surface area contributed by atoms with E-state index in [1.54, 1.807) is 0 Å². The molecular weight excluding hydrogens is 198 g/mol. The van der Waals surface area contributed by atoms with Gasteiger partial charge in [-0.2, -0.15) is 5.10 Å². The van der Waals surface area contributed by atoms with Gasteiger partial charge >= 0.3 is 0 Å². The third kappa shape index (κ3) is 2.28. The average Bonchev–Trinajstić information content (AvgIpc) is 2.67. The van der Waals surface area contributed by atoms with Crippen LogP contribution < -0.4 is 5.32 Å². The maximum Gasteiger partial charge on any atom is 0.0492 e. The second-order valence-corrected chi connectivity index (χ2v) is 3.60. The van der Waals surface area contributed by atoms with E-state index in [9.17, 15) is 0 Å². The molecule has 0 saturated carbocycles. The number of hydrogen-bond acceptors (Lipinski definition) is 2. The van der Waals surface area contributed by atoms with Crippen LogP contribution in [0.25, 0.3) is 0 Å². The Morgan fingerprint density at radius 2 is 2.21 bits per heavy atom. The van der Waals surface area contributed by atoms with Gasteiger partial charge in [-0.05, 0) is 38.9 Å². The van der Waals surface area contributed by atoms with E-state index in [0.717, 1.165) is 25.6 Å². The minimum Gasteiger partial charge on any atom is -0.317 e. The summed E-state index contributed by atoms with van der Waals surface area (Å²) in [5.41, 5.74) is 1.42. The zero-order valence-electron chi connectivity index (χ0n) is 8.57. The van der Waals surface area contributed by atoms with Crippen molar-refractivity contribution in [3.63, 3.8) is 0 Å². The summed E-state index contributed by atoms with van der Waals surface area (Å²) in [4.78, 5) is 0. The van der Waals surface area contributed by atoms with Gasteiger partial charge in [-0.1, -0.05) is 0 Å². The van der Waals surface area contributed by atoms with Gasteiger partial charge in [-0.3, -0.25) is 4.68 Å². The van der Waals surface area contributed by atoms with Crippen LogP contribution in [0.2, 0.25) is 0 Å². The monoisotopic (exact) mass is 215 g/mol. The standard InChI is InChI=1S/C10H17N3.ClH/c1-2-13-10(5-8-12-13)9-3-6-11-7-4-9;/h5,8-9,11H,2-4,6-7H2,1H3;1H. The SMILES string of the molecule is CCn1nccc1C1CCNCC1.Cl. The van der Waals surface area contributed by atoms with E-state index in [4.69, 9.17) is 0 Å². The van der Waals surface area contributed by atoms with Crippen molar-refractivity contribution in [2.45, 2.75) is 32.2 Å². The fourth-order valence-corrected chi connectivity index (χ4v) is 2.07. The van der Waals surface area contributed by atoms with Gasteiger partial charge in [-0.25, -0.2) is 0 Å². The first-order valence-corrected chi connectivity index (χ1v) is 5.14. The van der Waals surface area contributed by atoms with Crippen LogP contribution in [0.4, 0.5) is 0 Å². The van der Waals surface area contributed by atoms with Gasteiger partial charge in [0.15, 0.2) is 0 Å². The van der Waals surface area contributed by atoms with Gasteiger partial charge < -0.3 is 5.32 Å². The van der Waals surface area contributed by atoms with Crippen LogP contribution in [0.1, 0.15) is 31.4 Å². The van der Waals surface area contributed by atoms with Crippen molar-refractivity contribution in [2.75, 3.05) is 13.1 Å². The lowest BCUT2D eigenvalue weighted by molar-refractivity contribution is 0.432. The van der Waals surface area contributed by atoms with E-state index in [-0.39, 0.29) is 12.4 Å². The molecular formula is C10H18ClN3. The molecule has 0 spiro atoms. The first-order valence-electron chi connectivity index (χ1n) is 5.14. The molecule has 1 aromatic heterocycles. The predicted octanol–water partition coefficient (Wildman–Crippen LogP) is 1.79. The van der Waals surface area contributed by atoms with Crippen LogP contribution in [0.15, 0.2) is 12.3 Å². The third-order valence-electron chi connectivity index (χ3n) is 2.81. The van der Waals surface area contributed by atoms with E-state index >= 15 is 0 Å². The van der Waals surface area contributed by atoms with Crippen molar-refractivity contribution in [2.24, 2.45) is 0 Å². The van der Waals surface area contributed by atoms with Crippen LogP contribution in [-0.4, -0.2) is 22.9 Å². The molecule has 0 bridgehead atoms. The van der Waals surface area contributed by atoms with Gasteiger partial charge in [0.2, 0.25) is 0 Å². The molecule has 0 unspecified atom stereocenters. The maximum atomic E-state index is 4.31. The Morgan fingerprint density at radius 1 is 1.50 bits per heavy atom. The van der Waals surface area contributed by atoms with E-state index in [1.807, 2.05) is 6.20 Å². The Hall–Kier alpha value is -0.540. The Balaban J connectivity index is 0.000000980. The second kappa shape index (κ2) is 5.37. The summed E-state index contributed by atoms with van der Waals surface area (Å²) in [7, 11) is 0. The number of nitrogens with zero attached hydrogens (tertiary/aromatic N) is 2. The topological polar surface area (TPSA) is 29.9 Å². The minimum atomic E-state index is 0. The number of aromatic nitrogens is 2. The molecule has 0 aliphatic carbocycles. The number of rotatable bonds is 2. The molecule has 14 heavy (non-hydrogen) atoms. The highest BCUT2D eigenvalue weighted by Crippen LogP contribution is 2.24. The first-order chi connectivity index (χ1) is 6.42. The van der Waals surface area contributed by atoms with Crippen molar-refractivity contribution in [1.82, 2.24) is 15.1 Å². The number of aryl methyl sites for hydroxylation is 1. The molecule has 0 atom stereocenters. The summed E-state index contributed by atoms with van der Waals surface area (Å²) in [6, 6.07) is 2.17. The molecule has 1 fully saturated rings. The Bertz CT molecular complexity index is 266. The number of halogens is 1. The van der Waals surface area contributed by atoms with Crippen LogP contribution in [-0.2, 0) is 6.54 Å². The fraction of sp³-hybridized carbons (Fsp3) is 0.700. The molecule has 3 nitrogen and oxygen atoms in total. The molecule has 2 rings (SSSR count). The van der Waals surface area contributed by atoms with Crippen molar-refractivity contribution >= 4 is 12.4 Å². The predicted molar refractivity (Wildman–Crippen MR) is 60.0 cm³/mol. The number of piperidine rings is 1. The molecule has 1 aromatic rings. The summed E-state index contributed by atoms with van der Waals surface area (Å²) >= 11 is 0. The zero-order valence-corrected chi connectivity index (χ0v) is 9.39. The molecule has 1 aliphatic heterocycles. The summed E-state index contributed by atoms with van der Waals surface area (Å²) in [5.74, 6) is 0.726. The summed E-state index contributed by atoms with van der Waals surface area (Å²) in [6.07, 6.45) is 4.43. The normalized spacial score (nSPS) is 17.8. The fourth-order valence-electron chi connectivity index (χ4n) is 2.07.